The number of nitrogens with zero attached hydrogens (tertiary/aromatic N) is 5. The predicted molar refractivity (Wildman–Crippen MR) is 108 cm³/mol. The number of fused-ring (bicyclic) bond motifs is 1. The van der Waals surface area contributed by atoms with Gasteiger partial charge < -0.3 is 16.2 Å². The van der Waals surface area contributed by atoms with Gasteiger partial charge in [0, 0.05) is 17.3 Å². The van der Waals surface area contributed by atoms with Gasteiger partial charge in [0.2, 0.25) is 0 Å². The SMILES string of the molecule is CC(NC(=O)O)c1cnc(-c2nn(Cc3ccccc3F)c3ncc(F)cc23)nc1N. The first-order valence-corrected chi connectivity index (χ1v) is 9.21. The topological polar surface area (TPSA) is 132 Å². The first-order chi connectivity index (χ1) is 14.8. The summed E-state index contributed by atoms with van der Waals surface area (Å²) >= 11 is 0. The molecule has 0 aliphatic carbocycles. The normalized spacial score (nSPS) is 12.1. The molecule has 1 atom stereocenters. The van der Waals surface area contributed by atoms with Crippen LogP contribution in [0.2, 0.25) is 0 Å². The quantitative estimate of drug-likeness (QED) is 0.447. The Bertz CT molecular complexity index is 1290. The first-order valence-electron chi connectivity index (χ1n) is 9.21. The highest BCUT2D eigenvalue weighted by Gasteiger charge is 2.20. The number of rotatable bonds is 5. The zero-order valence-corrected chi connectivity index (χ0v) is 16.3. The summed E-state index contributed by atoms with van der Waals surface area (Å²) in [5.74, 6) is -0.830. The standard InChI is InChI=1S/C20H17F2N7O2/c1-10(26-20(30)31)14-8-24-18(27-17(14)23)16-13-6-12(21)7-25-19(13)29(28-16)9-11-4-2-3-5-15(11)22/h2-8,10,26H,9H2,1H3,(H,30,31)(H2,23,24,27). The number of halogens is 2. The highest BCUT2D eigenvalue weighted by atomic mass is 19.1. The molecular formula is C20H17F2N7O2. The molecule has 1 aromatic carbocycles. The Balaban J connectivity index is 1.79. The minimum atomic E-state index is -1.21. The average molecular weight is 425 g/mol. The van der Waals surface area contributed by atoms with Crippen LogP contribution in [0.5, 0.6) is 0 Å². The molecule has 0 fully saturated rings. The summed E-state index contributed by atoms with van der Waals surface area (Å²) in [5.41, 5.74) is 7.31. The number of anilines is 1. The summed E-state index contributed by atoms with van der Waals surface area (Å²) in [6.07, 6.45) is 1.21. The molecular weight excluding hydrogens is 408 g/mol. The van der Waals surface area contributed by atoms with E-state index in [1.54, 1.807) is 25.1 Å². The van der Waals surface area contributed by atoms with E-state index in [1.807, 2.05) is 0 Å². The van der Waals surface area contributed by atoms with Crippen molar-refractivity contribution in [3.05, 3.63) is 65.5 Å². The molecule has 3 heterocycles. The van der Waals surface area contributed by atoms with E-state index >= 15 is 0 Å². The number of carbonyl (C=O) groups is 1. The Kier molecular flexibility index (Phi) is 5.15. The second-order valence-electron chi connectivity index (χ2n) is 6.83. The molecule has 0 aliphatic heterocycles. The fraction of sp³-hybridized carbons (Fsp3) is 0.150. The molecule has 1 unspecified atom stereocenters. The summed E-state index contributed by atoms with van der Waals surface area (Å²) < 4.78 is 29.5. The summed E-state index contributed by atoms with van der Waals surface area (Å²) in [6.45, 7) is 1.66. The molecule has 4 rings (SSSR count). The molecule has 11 heteroatoms. The predicted octanol–water partition coefficient (Wildman–Crippen LogP) is 3.13. The molecule has 0 spiro atoms. The van der Waals surface area contributed by atoms with Gasteiger partial charge in [-0.1, -0.05) is 18.2 Å². The molecule has 4 aromatic rings. The van der Waals surface area contributed by atoms with Gasteiger partial charge in [-0.15, -0.1) is 0 Å². The number of carboxylic acid groups (broad SMARTS) is 1. The molecule has 3 aromatic heterocycles. The number of nitrogen functional groups attached to an aromatic ring is 1. The van der Waals surface area contributed by atoms with Gasteiger partial charge in [-0.05, 0) is 19.1 Å². The number of aromatic nitrogens is 5. The van der Waals surface area contributed by atoms with Gasteiger partial charge >= 0.3 is 6.09 Å². The van der Waals surface area contributed by atoms with Gasteiger partial charge in [-0.3, -0.25) is 0 Å². The number of amides is 1. The maximum Gasteiger partial charge on any atom is 0.405 e. The van der Waals surface area contributed by atoms with Crippen LogP contribution in [0.3, 0.4) is 0 Å². The van der Waals surface area contributed by atoms with Gasteiger partial charge in [0.1, 0.15) is 23.1 Å². The van der Waals surface area contributed by atoms with Crippen molar-refractivity contribution in [2.75, 3.05) is 5.73 Å². The summed E-state index contributed by atoms with van der Waals surface area (Å²) in [5, 5.41) is 15.9. The molecule has 31 heavy (non-hydrogen) atoms. The number of hydrogen-bond donors (Lipinski definition) is 3. The van der Waals surface area contributed by atoms with E-state index in [-0.39, 0.29) is 23.9 Å². The summed E-state index contributed by atoms with van der Waals surface area (Å²) in [7, 11) is 0. The lowest BCUT2D eigenvalue weighted by molar-refractivity contribution is 0.191. The highest BCUT2D eigenvalue weighted by Crippen LogP contribution is 2.28. The van der Waals surface area contributed by atoms with Crippen LogP contribution < -0.4 is 11.1 Å². The molecule has 0 aliphatic rings. The molecule has 158 valence electrons. The van der Waals surface area contributed by atoms with Crippen molar-refractivity contribution in [1.82, 2.24) is 30.0 Å². The van der Waals surface area contributed by atoms with Crippen LogP contribution in [-0.4, -0.2) is 35.9 Å². The minimum Gasteiger partial charge on any atom is -0.465 e. The Morgan fingerprint density at radius 2 is 2.03 bits per heavy atom. The number of benzene rings is 1. The van der Waals surface area contributed by atoms with E-state index in [9.17, 15) is 13.6 Å². The third-order valence-corrected chi connectivity index (χ3v) is 4.70. The Hall–Kier alpha value is -4.15. The van der Waals surface area contributed by atoms with E-state index in [0.29, 0.717) is 22.2 Å². The lowest BCUT2D eigenvalue weighted by Crippen LogP contribution is -2.25. The van der Waals surface area contributed by atoms with E-state index < -0.39 is 23.8 Å². The van der Waals surface area contributed by atoms with Gasteiger partial charge in [-0.25, -0.2) is 33.2 Å². The molecule has 1 amide bonds. The Morgan fingerprint density at radius 3 is 2.74 bits per heavy atom. The number of nitrogens with two attached hydrogens (primary N) is 1. The Labute approximate surface area is 174 Å². The van der Waals surface area contributed by atoms with E-state index in [0.717, 1.165) is 6.20 Å². The van der Waals surface area contributed by atoms with Crippen molar-refractivity contribution < 1.29 is 18.7 Å². The molecule has 4 N–H and O–H groups in total. The molecule has 0 saturated heterocycles. The zero-order valence-electron chi connectivity index (χ0n) is 16.3. The van der Waals surface area contributed by atoms with Gasteiger partial charge in [0.15, 0.2) is 11.5 Å². The first kappa shape index (κ1) is 20.1. The zero-order chi connectivity index (χ0) is 22.1. The summed E-state index contributed by atoms with van der Waals surface area (Å²) in [6, 6.07) is 6.84. The van der Waals surface area contributed by atoms with E-state index in [2.05, 4.69) is 25.4 Å². The van der Waals surface area contributed by atoms with Gasteiger partial charge in [0.05, 0.1) is 24.2 Å². The second-order valence-corrected chi connectivity index (χ2v) is 6.83. The van der Waals surface area contributed by atoms with Crippen molar-refractivity contribution in [3.8, 4) is 11.5 Å². The molecule has 0 radical (unpaired) electrons. The van der Waals surface area contributed by atoms with Crippen molar-refractivity contribution in [3.63, 3.8) is 0 Å². The second kappa shape index (κ2) is 7.94. The van der Waals surface area contributed by atoms with Crippen LogP contribution in [0.15, 0.2) is 42.7 Å². The average Bonchev–Trinajstić information content (AvgIpc) is 3.06. The van der Waals surface area contributed by atoms with E-state index in [1.165, 1.54) is 23.0 Å². The van der Waals surface area contributed by atoms with Crippen LogP contribution in [0.25, 0.3) is 22.6 Å². The van der Waals surface area contributed by atoms with Crippen molar-refractivity contribution in [2.24, 2.45) is 0 Å². The van der Waals surface area contributed by atoms with Crippen molar-refractivity contribution in [2.45, 2.75) is 19.5 Å². The molecule has 0 saturated carbocycles. The number of pyridine rings is 1. The van der Waals surface area contributed by atoms with Crippen LogP contribution in [0, 0.1) is 11.6 Å². The molecule has 9 nitrogen and oxygen atoms in total. The lowest BCUT2D eigenvalue weighted by atomic mass is 10.1. The van der Waals surface area contributed by atoms with Crippen LogP contribution in [0.1, 0.15) is 24.1 Å². The van der Waals surface area contributed by atoms with E-state index in [4.69, 9.17) is 10.8 Å². The number of nitrogens with one attached hydrogen (secondary N) is 1. The van der Waals surface area contributed by atoms with Crippen LogP contribution in [-0.2, 0) is 6.54 Å². The maximum absolute atomic E-state index is 14.1. The maximum atomic E-state index is 14.1. The molecule has 0 bridgehead atoms. The Morgan fingerprint density at radius 1 is 1.26 bits per heavy atom. The highest BCUT2D eigenvalue weighted by molar-refractivity contribution is 5.89. The fourth-order valence-corrected chi connectivity index (χ4v) is 3.21. The third kappa shape index (κ3) is 3.97. The smallest absolute Gasteiger partial charge is 0.405 e. The van der Waals surface area contributed by atoms with Crippen molar-refractivity contribution in [1.29, 1.82) is 0 Å². The van der Waals surface area contributed by atoms with Crippen LogP contribution in [0.4, 0.5) is 19.4 Å². The van der Waals surface area contributed by atoms with Crippen molar-refractivity contribution >= 4 is 22.9 Å². The minimum absolute atomic E-state index is 0.0485. The lowest BCUT2D eigenvalue weighted by Gasteiger charge is -2.13. The van der Waals surface area contributed by atoms with Gasteiger partial charge in [-0.2, -0.15) is 5.10 Å². The largest absolute Gasteiger partial charge is 0.465 e. The van der Waals surface area contributed by atoms with Gasteiger partial charge in [0.25, 0.3) is 0 Å². The summed E-state index contributed by atoms with van der Waals surface area (Å²) in [4.78, 5) is 23.4. The number of hydrogen-bond acceptors (Lipinski definition) is 6. The fourth-order valence-electron chi connectivity index (χ4n) is 3.21. The van der Waals surface area contributed by atoms with Crippen LogP contribution >= 0.6 is 0 Å². The third-order valence-electron chi connectivity index (χ3n) is 4.70. The monoisotopic (exact) mass is 425 g/mol.